The summed E-state index contributed by atoms with van der Waals surface area (Å²) >= 11 is 0. The number of ether oxygens (including phenoxy) is 2. The third kappa shape index (κ3) is 3.93. The van der Waals surface area contributed by atoms with E-state index in [4.69, 9.17) is 9.47 Å². The molecule has 4 aromatic rings. The van der Waals surface area contributed by atoms with Crippen molar-refractivity contribution in [3.05, 3.63) is 66.7 Å². The molecule has 0 fully saturated rings. The molecule has 0 unspecified atom stereocenters. The predicted molar refractivity (Wildman–Crippen MR) is 106 cm³/mol. The number of H-pyrrole nitrogens is 1. The Balaban J connectivity index is 1.36. The molecule has 0 bridgehead atoms. The van der Waals surface area contributed by atoms with Gasteiger partial charge in [-0.05, 0) is 47.2 Å². The van der Waals surface area contributed by atoms with Crippen LogP contribution in [0.25, 0.3) is 22.2 Å². The summed E-state index contributed by atoms with van der Waals surface area (Å²) in [4.78, 5) is 16.4. The number of aromatic amines is 1. The zero-order valence-corrected chi connectivity index (χ0v) is 15.2. The van der Waals surface area contributed by atoms with Gasteiger partial charge in [0.15, 0.2) is 12.4 Å². The molecule has 0 spiro atoms. The summed E-state index contributed by atoms with van der Waals surface area (Å²) < 4.78 is 10.7. The molecule has 0 atom stereocenters. The van der Waals surface area contributed by atoms with Gasteiger partial charge in [0.2, 0.25) is 5.95 Å². The van der Waals surface area contributed by atoms with Gasteiger partial charge in [-0.3, -0.25) is 15.2 Å². The lowest BCUT2D eigenvalue weighted by molar-refractivity contribution is -0.118. The SMILES string of the molecule is COc1ccc(-c2nc(NC(=O)COc3ccc4ccccc4c3)n[nH]2)cc1. The molecule has 0 saturated heterocycles. The lowest BCUT2D eigenvalue weighted by atomic mass is 10.1. The second kappa shape index (κ2) is 7.79. The number of hydrogen-bond acceptors (Lipinski definition) is 5. The standard InChI is InChI=1S/C21H18N4O3/c1-27-17-9-7-15(8-10-17)20-23-21(25-24-20)22-19(26)13-28-18-11-6-14-4-2-3-5-16(14)12-18/h2-12H,13H2,1H3,(H2,22,23,24,25,26). The van der Waals surface area contributed by atoms with Crippen molar-refractivity contribution in [2.75, 3.05) is 19.0 Å². The fourth-order valence-corrected chi connectivity index (χ4v) is 2.76. The number of carbonyl (C=O) groups excluding carboxylic acids is 1. The van der Waals surface area contributed by atoms with Crippen molar-refractivity contribution in [2.45, 2.75) is 0 Å². The highest BCUT2D eigenvalue weighted by atomic mass is 16.5. The Morgan fingerprint density at radius 1 is 1.00 bits per heavy atom. The largest absolute Gasteiger partial charge is 0.497 e. The number of methoxy groups -OCH3 is 1. The molecule has 0 radical (unpaired) electrons. The number of benzene rings is 3. The maximum absolute atomic E-state index is 12.1. The zero-order chi connectivity index (χ0) is 19.3. The van der Waals surface area contributed by atoms with E-state index in [0.717, 1.165) is 22.1 Å². The number of rotatable bonds is 6. The molecule has 7 heteroatoms. The topological polar surface area (TPSA) is 89.1 Å². The third-order valence-corrected chi connectivity index (χ3v) is 4.19. The number of nitrogens with one attached hydrogen (secondary N) is 2. The van der Waals surface area contributed by atoms with Crippen LogP contribution in [0.4, 0.5) is 5.95 Å². The third-order valence-electron chi connectivity index (χ3n) is 4.19. The summed E-state index contributed by atoms with van der Waals surface area (Å²) in [7, 11) is 1.61. The Morgan fingerprint density at radius 2 is 1.75 bits per heavy atom. The van der Waals surface area contributed by atoms with Gasteiger partial charge in [-0.2, -0.15) is 4.98 Å². The van der Waals surface area contributed by atoms with Crippen molar-refractivity contribution in [3.8, 4) is 22.9 Å². The number of amides is 1. The molecule has 140 valence electrons. The van der Waals surface area contributed by atoms with Gasteiger partial charge in [0.25, 0.3) is 5.91 Å². The molecule has 1 aromatic heterocycles. The number of fused-ring (bicyclic) bond motifs is 1. The summed E-state index contributed by atoms with van der Waals surface area (Å²) in [5.41, 5.74) is 0.834. The van der Waals surface area contributed by atoms with Crippen LogP contribution < -0.4 is 14.8 Å². The number of nitrogens with zero attached hydrogens (tertiary/aromatic N) is 2. The van der Waals surface area contributed by atoms with Crippen LogP contribution in [-0.4, -0.2) is 34.8 Å². The highest BCUT2D eigenvalue weighted by Gasteiger charge is 2.10. The van der Waals surface area contributed by atoms with E-state index in [2.05, 4.69) is 20.5 Å². The second-order valence-electron chi connectivity index (χ2n) is 6.08. The molecule has 1 amide bonds. The van der Waals surface area contributed by atoms with Crippen LogP contribution >= 0.6 is 0 Å². The van der Waals surface area contributed by atoms with E-state index in [0.29, 0.717) is 11.6 Å². The van der Waals surface area contributed by atoms with E-state index in [1.807, 2.05) is 66.7 Å². The van der Waals surface area contributed by atoms with Crippen LogP contribution in [0.1, 0.15) is 0 Å². The molecule has 0 saturated carbocycles. The number of hydrogen-bond donors (Lipinski definition) is 2. The Morgan fingerprint density at radius 3 is 2.54 bits per heavy atom. The van der Waals surface area contributed by atoms with E-state index in [1.54, 1.807) is 7.11 Å². The number of anilines is 1. The smallest absolute Gasteiger partial charge is 0.264 e. The molecule has 0 aliphatic carbocycles. The first-order valence-corrected chi connectivity index (χ1v) is 8.69. The molecule has 7 nitrogen and oxygen atoms in total. The first kappa shape index (κ1) is 17.5. The maximum atomic E-state index is 12.1. The lowest BCUT2D eigenvalue weighted by Crippen LogP contribution is -2.20. The highest BCUT2D eigenvalue weighted by Crippen LogP contribution is 2.21. The Bertz CT molecular complexity index is 1110. The van der Waals surface area contributed by atoms with Crippen LogP contribution in [0.2, 0.25) is 0 Å². The monoisotopic (exact) mass is 374 g/mol. The van der Waals surface area contributed by atoms with Gasteiger partial charge in [-0.1, -0.05) is 30.3 Å². The first-order valence-electron chi connectivity index (χ1n) is 8.69. The van der Waals surface area contributed by atoms with E-state index in [9.17, 15) is 4.79 Å². The van der Waals surface area contributed by atoms with Gasteiger partial charge < -0.3 is 9.47 Å². The van der Waals surface area contributed by atoms with Crippen molar-refractivity contribution >= 4 is 22.6 Å². The van der Waals surface area contributed by atoms with Crippen LogP contribution in [0.3, 0.4) is 0 Å². The summed E-state index contributed by atoms with van der Waals surface area (Å²) in [6, 6.07) is 21.0. The van der Waals surface area contributed by atoms with E-state index in [1.165, 1.54) is 0 Å². The van der Waals surface area contributed by atoms with Crippen LogP contribution in [0, 0.1) is 0 Å². The minimum atomic E-state index is -0.339. The van der Waals surface area contributed by atoms with Gasteiger partial charge in [0.1, 0.15) is 11.5 Å². The van der Waals surface area contributed by atoms with Crippen LogP contribution in [0.5, 0.6) is 11.5 Å². The van der Waals surface area contributed by atoms with Gasteiger partial charge >= 0.3 is 0 Å². The molecular formula is C21H18N4O3. The maximum Gasteiger partial charge on any atom is 0.264 e. The summed E-state index contributed by atoms with van der Waals surface area (Å²) in [6.07, 6.45) is 0. The number of carbonyl (C=O) groups is 1. The molecule has 0 aliphatic rings. The normalized spacial score (nSPS) is 10.6. The zero-order valence-electron chi connectivity index (χ0n) is 15.2. The quantitative estimate of drug-likeness (QED) is 0.538. The molecule has 4 rings (SSSR count). The Hall–Kier alpha value is -3.87. The van der Waals surface area contributed by atoms with E-state index >= 15 is 0 Å². The van der Waals surface area contributed by atoms with Gasteiger partial charge in [0, 0.05) is 5.56 Å². The van der Waals surface area contributed by atoms with Gasteiger partial charge in [-0.15, -0.1) is 5.10 Å². The van der Waals surface area contributed by atoms with E-state index in [-0.39, 0.29) is 18.5 Å². The molecule has 0 aliphatic heterocycles. The first-order chi connectivity index (χ1) is 13.7. The predicted octanol–water partition coefficient (Wildman–Crippen LogP) is 3.65. The van der Waals surface area contributed by atoms with Crippen molar-refractivity contribution in [2.24, 2.45) is 0 Å². The molecule has 1 heterocycles. The number of aromatic nitrogens is 3. The summed E-state index contributed by atoms with van der Waals surface area (Å²) in [5, 5.41) is 11.6. The van der Waals surface area contributed by atoms with E-state index < -0.39 is 0 Å². The van der Waals surface area contributed by atoms with Gasteiger partial charge in [0.05, 0.1) is 7.11 Å². The second-order valence-corrected chi connectivity index (χ2v) is 6.08. The van der Waals surface area contributed by atoms with Crippen LogP contribution in [0.15, 0.2) is 66.7 Å². The summed E-state index contributed by atoms with van der Waals surface area (Å²) in [5.74, 6) is 1.78. The lowest BCUT2D eigenvalue weighted by Gasteiger charge is -2.06. The molecular weight excluding hydrogens is 356 g/mol. The fraction of sp³-hybridized carbons (Fsp3) is 0.0952. The van der Waals surface area contributed by atoms with Crippen molar-refractivity contribution in [1.82, 2.24) is 15.2 Å². The molecule has 3 aromatic carbocycles. The van der Waals surface area contributed by atoms with Crippen molar-refractivity contribution in [1.29, 1.82) is 0 Å². The molecule has 28 heavy (non-hydrogen) atoms. The van der Waals surface area contributed by atoms with Crippen molar-refractivity contribution < 1.29 is 14.3 Å². The van der Waals surface area contributed by atoms with Gasteiger partial charge in [-0.25, -0.2) is 0 Å². The minimum Gasteiger partial charge on any atom is -0.497 e. The van der Waals surface area contributed by atoms with Crippen molar-refractivity contribution in [3.63, 3.8) is 0 Å². The Kier molecular flexibility index (Phi) is 4.88. The fourth-order valence-electron chi connectivity index (χ4n) is 2.76. The molecule has 2 N–H and O–H groups in total. The highest BCUT2D eigenvalue weighted by molar-refractivity contribution is 5.90. The summed E-state index contributed by atoms with van der Waals surface area (Å²) in [6.45, 7) is -0.134. The Labute approximate surface area is 161 Å². The average Bonchev–Trinajstić information content (AvgIpc) is 3.20. The minimum absolute atomic E-state index is 0.134. The van der Waals surface area contributed by atoms with Crippen LogP contribution in [-0.2, 0) is 4.79 Å². The average molecular weight is 374 g/mol.